The lowest BCUT2D eigenvalue weighted by atomic mass is 10.1. The first-order chi connectivity index (χ1) is 14.4. The second-order valence-electron chi connectivity index (χ2n) is 6.83. The standard InChI is InChI=1S/C20H21N3O4S3/c1-13-17(14-5-7-15(27-2)8-6-14)21-20(29-13)22-19(24)18-16(9-12-28-18)30(25,26)23-10-3-4-11-23/h5-9,12H,3-4,10-11H2,1-2H3,(H,21,22,24). The normalized spacial score (nSPS) is 14.7. The van der Waals surface area contributed by atoms with Gasteiger partial charge in [-0.3, -0.25) is 10.1 Å². The fourth-order valence-corrected chi connectivity index (χ4v) is 7.00. The van der Waals surface area contributed by atoms with Crippen LogP contribution in [0.3, 0.4) is 0 Å². The van der Waals surface area contributed by atoms with Crippen molar-refractivity contribution in [3.05, 3.63) is 45.5 Å². The van der Waals surface area contributed by atoms with Crippen molar-refractivity contribution in [2.45, 2.75) is 24.7 Å². The van der Waals surface area contributed by atoms with E-state index in [1.165, 1.54) is 21.7 Å². The molecule has 1 fully saturated rings. The van der Waals surface area contributed by atoms with Crippen molar-refractivity contribution in [1.82, 2.24) is 9.29 Å². The molecule has 4 rings (SSSR count). The molecule has 1 N–H and O–H groups in total. The molecule has 1 aliphatic rings. The second-order valence-corrected chi connectivity index (χ2v) is 10.9. The minimum absolute atomic E-state index is 0.0653. The Labute approximate surface area is 183 Å². The summed E-state index contributed by atoms with van der Waals surface area (Å²) in [5.41, 5.74) is 1.69. The van der Waals surface area contributed by atoms with Crippen LogP contribution < -0.4 is 10.1 Å². The van der Waals surface area contributed by atoms with E-state index in [0.717, 1.165) is 46.1 Å². The number of sulfonamides is 1. The summed E-state index contributed by atoms with van der Waals surface area (Å²) in [6.07, 6.45) is 1.69. The first-order valence-corrected chi connectivity index (χ1v) is 12.5. The number of carbonyl (C=O) groups excluding carboxylic acids is 1. The lowest BCUT2D eigenvalue weighted by molar-refractivity contribution is 0.102. The van der Waals surface area contributed by atoms with Crippen LogP contribution in [-0.4, -0.2) is 43.8 Å². The molecule has 0 atom stereocenters. The lowest BCUT2D eigenvalue weighted by Gasteiger charge is -2.15. The SMILES string of the molecule is COc1ccc(-c2nc(NC(=O)c3sccc3S(=O)(=O)N3CCCC3)sc2C)cc1. The van der Waals surface area contributed by atoms with Crippen molar-refractivity contribution < 1.29 is 17.9 Å². The number of ether oxygens (including phenoxy) is 1. The molecule has 158 valence electrons. The summed E-state index contributed by atoms with van der Waals surface area (Å²) in [6, 6.07) is 9.03. The van der Waals surface area contributed by atoms with E-state index in [9.17, 15) is 13.2 Å². The van der Waals surface area contributed by atoms with Crippen LogP contribution in [0.5, 0.6) is 5.75 Å². The maximum absolute atomic E-state index is 12.9. The zero-order valence-electron chi connectivity index (χ0n) is 16.5. The molecule has 1 saturated heterocycles. The van der Waals surface area contributed by atoms with Crippen LogP contribution in [0, 0.1) is 6.92 Å². The summed E-state index contributed by atoms with van der Waals surface area (Å²) in [5, 5.41) is 4.84. The number of aromatic nitrogens is 1. The number of hydrogen-bond donors (Lipinski definition) is 1. The molecular weight excluding hydrogens is 442 g/mol. The van der Waals surface area contributed by atoms with Gasteiger partial charge in [0.1, 0.15) is 15.5 Å². The Morgan fingerprint density at radius 2 is 1.87 bits per heavy atom. The zero-order valence-corrected chi connectivity index (χ0v) is 19.0. The van der Waals surface area contributed by atoms with E-state index in [-0.39, 0.29) is 9.77 Å². The van der Waals surface area contributed by atoms with Gasteiger partial charge in [-0.1, -0.05) is 0 Å². The van der Waals surface area contributed by atoms with Gasteiger partial charge in [0.25, 0.3) is 5.91 Å². The van der Waals surface area contributed by atoms with Gasteiger partial charge >= 0.3 is 0 Å². The monoisotopic (exact) mass is 463 g/mol. The Balaban J connectivity index is 1.56. The van der Waals surface area contributed by atoms with Gasteiger partial charge in [0.05, 0.1) is 12.8 Å². The lowest BCUT2D eigenvalue weighted by Crippen LogP contribution is -2.29. The summed E-state index contributed by atoms with van der Waals surface area (Å²) < 4.78 is 32.4. The highest BCUT2D eigenvalue weighted by atomic mass is 32.2. The van der Waals surface area contributed by atoms with Crippen LogP contribution in [0.4, 0.5) is 5.13 Å². The number of anilines is 1. The third-order valence-corrected chi connectivity index (χ3v) is 8.77. The minimum atomic E-state index is -3.66. The highest BCUT2D eigenvalue weighted by molar-refractivity contribution is 7.89. The fourth-order valence-electron chi connectivity index (χ4n) is 3.35. The van der Waals surface area contributed by atoms with Crippen molar-refractivity contribution in [2.75, 3.05) is 25.5 Å². The van der Waals surface area contributed by atoms with Crippen molar-refractivity contribution in [2.24, 2.45) is 0 Å². The van der Waals surface area contributed by atoms with Crippen LogP contribution in [-0.2, 0) is 10.0 Å². The molecule has 0 radical (unpaired) electrons. The molecule has 7 nitrogen and oxygen atoms in total. The summed E-state index contributed by atoms with van der Waals surface area (Å²) in [6.45, 7) is 2.92. The van der Waals surface area contributed by atoms with E-state index in [1.807, 2.05) is 31.2 Å². The van der Waals surface area contributed by atoms with Gasteiger partial charge in [-0.25, -0.2) is 13.4 Å². The van der Waals surface area contributed by atoms with Gasteiger partial charge < -0.3 is 4.74 Å². The van der Waals surface area contributed by atoms with Crippen molar-refractivity contribution in [3.63, 3.8) is 0 Å². The number of amides is 1. The number of carbonyl (C=O) groups is 1. The van der Waals surface area contributed by atoms with Crippen molar-refractivity contribution in [1.29, 1.82) is 0 Å². The zero-order chi connectivity index (χ0) is 21.3. The molecule has 0 aliphatic carbocycles. The molecular formula is C20H21N3O4S3. The van der Waals surface area contributed by atoms with Gasteiger partial charge in [-0.15, -0.1) is 22.7 Å². The van der Waals surface area contributed by atoms with Crippen LogP contribution in [0.2, 0.25) is 0 Å². The molecule has 0 unspecified atom stereocenters. The molecule has 0 bridgehead atoms. The molecule has 30 heavy (non-hydrogen) atoms. The number of benzene rings is 1. The van der Waals surface area contributed by atoms with E-state index < -0.39 is 15.9 Å². The number of thiazole rings is 1. The van der Waals surface area contributed by atoms with Crippen LogP contribution in [0.25, 0.3) is 11.3 Å². The van der Waals surface area contributed by atoms with E-state index in [2.05, 4.69) is 10.3 Å². The number of thiophene rings is 1. The third kappa shape index (κ3) is 4.00. The Morgan fingerprint density at radius 3 is 2.53 bits per heavy atom. The molecule has 0 spiro atoms. The van der Waals surface area contributed by atoms with Crippen LogP contribution in [0.1, 0.15) is 27.4 Å². The Morgan fingerprint density at radius 1 is 1.17 bits per heavy atom. The summed E-state index contributed by atoms with van der Waals surface area (Å²) in [7, 11) is -2.05. The summed E-state index contributed by atoms with van der Waals surface area (Å²) in [5.74, 6) is 0.294. The quantitative estimate of drug-likeness (QED) is 0.591. The number of nitrogens with one attached hydrogen (secondary N) is 1. The predicted octanol–water partition coefficient (Wildman–Crippen LogP) is 4.23. The summed E-state index contributed by atoms with van der Waals surface area (Å²) in [4.78, 5) is 18.6. The van der Waals surface area contributed by atoms with Crippen LogP contribution in [0.15, 0.2) is 40.6 Å². The van der Waals surface area contributed by atoms with Gasteiger partial charge in [0.15, 0.2) is 5.13 Å². The third-order valence-electron chi connectivity index (χ3n) is 4.90. The molecule has 3 aromatic rings. The molecule has 1 aromatic carbocycles. The largest absolute Gasteiger partial charge is 0.497 e. The first kappa shape index (κ1) is 21.0. The minimum Gasteiger partial charge on any atom is -0.497 e. The Bertz CT molecular complexity index is 1160. The topological polar surface area (TPSA) is 88.6 Å². The number of aryl methyl sites for hydroxylation is 1. The van der Waals surface area contributed by atoms with E-state index in [1.54, 1.807) is 12.5 Å². The van der Waals surface area contributed by atoms with Gasteiger partial charge in [0, 0.05) is 23.5 Å². The fraction of sp³-hybridized carbons (Fsp3) is 0.300. The predicted molar refractivity (Wildman–Crippen MR) is 119 cm³/mol. The van der Waals surface area contributed by atoms with Gasteiger partial charge in [0.2, 0.25) is 10.0 Å². The van der Waals surface area contributed by atoms with Gasteiger partial charge in [-0.05, 0) is 55.5 Å². The average molecular weight is 464 g/mol. The van der Waals surface area contributed by atoms with E-state index >= 15 is 0 Å². The highest BCUT2D eigenvalue weighted by Crippen LogP contribution is 2.33. The maximum atomic E-state index is 12.9. The van der Waals surface area contributed by atoms with Gasteiger partial charge in [-0.2, -0.15) is 4.31 Å². The molecule has 1 amide bonds. The number of rotatable bonds is 6. The number of hydrogen-bond acceptors (Lipinski definition) is 7. The highest BCUT2D eigenvalue weighted by Gasteiger charge is 2.32. The van der Waals surface area contributed by atoms with Crippen molar-refractivity contribution >= 4 is 43.7 Å². The van der Waals surface area contributed by atoms with E-state index in [4.69, 9.17) is 4.74 Å². The van der Waals surface area contributed by atoms with Crippen molar-refractivity contribution in [3.8, 4) is 17.0 Å². The molecule has 2 aromatic heterocycles. The Kier molecular flexibility index (Phi) is 5.92. The second kappa shape index (κ2) is 8.46. The molecule has 1 aliphatic heterocycles. The average Bonchev–Trinajstić information content (AvgIpc) is 3.49. The maximum Gasteiger partial charge on any atom is 0.268 e. The molecule has 10 heteroatoms. The molecule has 0 saturated carbocycles. The molecule has 3 heterocycles. The van der Waals surface area contributed by atoms with E-state index in [0.29, 0.717) is 18.2 Å². The van der Waals surface area contributed by atoms with Crippen LogP contribution >= 0.6 is 22.7 Å². The first-order valence-electron chi connectivity index (χ1n) is 9.41. The smallest absolute Gasteiger partial charge is 0.268 e. The Hall–Kier alpha value is -2.27. The number of nitrogens with zero attached hydrogens (tertiary/aromatic N) is 2. The summed E-state index contributed by atoms with van der Waals surface area (Å²) >= 11 is 2.47. The number of methoxy groups -OCH3 is 1.